The molecule has 0 aliphatic heterocycles. The van der Waals surface area contributed by atoms with Crippen LogP contribution in [0.25, 0.3) is 0 Å². The number of hydrogen-bond acceptors (Lipinski definition) is 5. The Morgan fingerprint density at radius 3 is 2.92 bits per heavy atom. The van der Waals surface area contributed by atoms with Gasteiger partial charge in [0.2, 0.25) is 0 Å². The first kappa shape index (κ1) is 10.9. The molecule has 0 radical (unpaired) electrons. The monoisotopic (exact) mass is 176 g/mol. The lowest BCUT2D eigenvalue weighted by atomic mass is 10.3. The van der Waals surface area contributed by atoms with Crippen LogP contribution in [0.5, 0.6) is 0 Å². The molecule has 5 nitrogen and oxygen atoms in total. The second-order valence-corrected chi connectivity index (χ2v) is 1.98. The van der Waals surface area contributed by atoms with E-state index >= 15 is 0 Å². The molecule has 0 aliphatic rings. The smallest absolute Gasteiger partial charge is 0.308 e. The Labute approximate surface area is 70.5 Å². The van der Waals surface area contributed by atoms with Crippen molar-refractivity contribution in [1.29, 1.82) is 0 Å². The highest BCUT2D eigenvalue weighted by atomic mass is 17.2. The van der Waals surface area contributed by atoms with Gasteiger partial charge in [-0.05, 0) is 0 Å². The van der Waals surface area contributed by atoms with E-state index in [4.69, 9.17) is 5.11 Å². The molecule has 1 N–H and O–H groups in total. The summed E-state index contributed by atoms with van der Waals surface area (Å²) in [5, 5.41) is 9.04. The Balaban J connectivity index is 3.38. The molecule has 0 bridgehead atoms. The Bertz CT molecular complexity index is 145. The lowest BCUT2D eigenvalue weighted by Crippen LogP contribution is -2.19. The second kappa shape index (κ2) is 6.63. The maximum atomic E-state index is 10.6. The number of hydrogen-bond donors (Lipinski definition) is 1. The van der Waals surface area contributed by atoms with Crippen molar-refractivity contribution in [1.82, 2.24) is 0 Å². The van der Waals surface area contributed by atoms with E-state index in [1.54, 1.807) is 0 Å². The van der Waals surface area contributed by atoms with E-state index in [2.05, 4.69) is 21.1 Å². The van der Waals surface area contributed by atoms with Gasteiger partial charge in [-0.15, -0.1) is 0 Å². The lowest BCUT2D eigenvalue weighted by molar-refractivity contribution is -0.262. The summed E-state index contributed by atoms with van der Waals surface area (Å²) in [6.07, 6.45) is 0.0411. The molecule has 0 aromatic carbocycles. The number of esters is 1. The first-order valence-electron chi connectivity index (χ1n) is 3.34. The normalized spacial score (nSPS) is 11.8. The van der Waals surface area contributed by atoms with Crippen LogP contribution >= 0.6 is 0 Å². The van der Waals surface area contributed by atoms with Crippen LogP contribution in [-0.4, -0.2) is 30.9 Å². The zero-order chi connectivity index (χ0) is 9.40. The molecular weight excluding hydrogens is 164 g/mol. The molecule has 1 unspecified atom stereocenters. The van der Waals surface area contributed by atoms with Gasteiger partial charge in [0.1, 0.15) is 12.9 Å². The van der Waals surface area contributed by atoms with Gasteiger partial charge in [0.25, 0.3) is 0 Å². The van der Waals surface area contributed by atoms with E-state index in [0.717, 1.165) is 6.26 Å². The van der Waals surface area contributed by atoms with Crippen LogP contribution in [0.4, 0.5) is 0 Å². The molecule has 0 aliphatic carbocycles. The van der Waals surface area contributed by atoms with Crippen molar-refractivity contribution in [3.05, 3.63) is 12.8 Å². The standard InChI is InChI=1S/C7H12O5/c1-3-11-12-5-6(8)4-7(9)10-2/h3,6,8H,1,4-5H2,2H3. The average Bonchev–Trinajstić information content (AvgIpc) is 2.05. The predicted molar refractivity (Wildman–Crippen MR) is 39.9 cm³/mol. The predicted octanol–water partition coefficient (Wildman–Crippen LogP) is 0.00210. The molecule has 1 atom stereocenters. The van der Waals surface area contributed by atoms with Gasteiger partial charge < -0.3 is 14.7 Å². The first-order chi connectivity index (χ1) is 5.70. The number of carbonyl (C=O) groups is 1. The molecule has 0 saturated carbocycles. The van der Waals surface area contributed by atoms with Gasteiger partial charge in [-0.2, -0.15) is 4.89 Å². The van der Waals surface area contributed by atoms with Crippen molar-refractivity contribution in [2.24, 2.45) is 0 Å². The van der Waals surface area contributed by atoms with Gasteiger partial charge in [-0.3, -0.25) is 4.79 Å². The summed E-state index contributed by atoms with van der Waals surface area (Å²) in [5.41, 5.74) is 0. The number of rotatable bonds is 6. The van der Waals surface area contributed by atoms with Crippen LogP contribution in [0.2, 0.25) is 0 Å². The van der Waals surface area contributed by atoms with E-state index in [-0.39, 0.29) is 13.0 Å². The SMILES string of the molecule is C=COOCC(O)CC(=O)OC. The van der Waals surface area contributed by atoms with Crippen molar-refractivity contribution < 1.29 is 24.4 Å². The van der Waals surface area contributed by atoms with E-state index in [1.807, 2.05) is 0 Å². The second-order valence-electron chi connectivity index (χ2n) is 1.98. The fourth-order valence-corrected chi connectivity index (χ4v) is 0.501. The van der Waals surface area contributed by atoms with Crippen LogP contribution in [0.15, 0.2) is 12.8 Å². The van der Waals surface area contributed by atoms with Crippen LogP contribution in [-0.2, 0) is 19.3 Å². The topological polar surface area (TPSA) is 65.0 Å². The van der Waals surface area contributed by atoms with E-state index in [1.165, 1.54) is 7.11 Å². The number of ether oxygens (including phenoxy) is 1. The third kappa shape index (κ3) is 5.70. The molecule has 0 aromatic rings. The molecule has 0 heterocycles. The number of carbonyl (C=O) groups excluding carboxylic acids is 1. The van der Waals surface area contributed by atoms with Gasteiger partial charge >= 0.3 is 5.97 Å². The minimum absolute atomic E-state index is 0.0961. The maximum absolute atomic E-state index is 10.6. The number of methoxy groups -OCH3 is 1. The zero-order valence-electron chi connectivity index (χ0n) is 6.86. The Kier molecular flexibility index (Phi) is 6.04. The number of aliphatic hydroxyl groups is 1. The van der Waals surface area contributed by atoms with Crippen molar-refractivity contribution in [2.75, 3.05) is 13.7 Å². The molecule has 0 amide bonds. The fourth-order valence-electron chi connectivity index (χ4n) is 0.501. The van der Waals surface area contributed by atoms with Crippen molar-refractivity contribution >= 4 is 5.97 Å². The highest BCUT2D eigenvalue weighted by molar-refractivity contribution is 5.69. The van der Waals surface area contributed by atoms with Gasteiger partial charge in [0.05, 0.1) is 19.6 Å². The van der Waals surface area contributed by atoms with Crippen LogP contribution in [0.1, 0.15) is 6.42 Å². The van der Waals surface area contributed by atoms with E-state index < -0.39 is 12.1 Å². The maximum Gasteiger partial charge on any atom is 0.308 e. The molecule has 0 rings (SSSR count). The first-order valence-corrected chi connectivity index (χ1v) is 3.34. The average molecular weight is 176 g/mol. The van der Waals surface area contributed by atoms with Gasteiger partial charge in [0, 0.05) is 0 Å². The quantitative estimate of drug-likeness (QED) is 0.203. The minimum atomic E-state index is -0.919. The van der Waals surface area contributed by atoms with E-state index in [0.29, 0.717) is 0 Å². The molecule has 5 heteroatoms. The summed E-state index contributed by atoms with van der Waals surface area (Å²) in [5.74, 6) is -0.496. The van der Waals surface area contributed by atoms with Crippen LogP contribution in [0, 0.1) is 0 Å². The molecule has 0 fully saturated rings. The van der Waals surface area contributed by atoms with Gasteiger partial charge in [0.15, 0.2) is 0 Å². The van der Waals surface area contributed by atoms with Crippen LogP contribution < -0.4 is 0 Å². The van der Waals surface area contributed by atoms with Crippen molar-refractivity contribution in [3.63, 3.8) is 0 Å². The third-order valence-electron chi connectivity index (χ3n) is 1.03. The highest BCUT2D eigenvalue weighted by Crippen LogP contribution is 1.95. The van der Waals surface area contributed by atoms with Crippen LogP contribution in [0.3, 0.4) is 0 Å². The molecule has 0 spiro atoms. The number of aliphatic hydroxyl groups excluding tert-OH is 1. The summed E-state index contributed by atoms with van der Waals surface area (Å²) in [6, 6.07) is 0. The molecule has 0 saturated heterocycles. The molecule has 70 valence electrons. The Morgan fingerprint density at radius 1 is 1.75 bits per heavy atom. The minimum Gasteiger partial charge on any atom is -0.469 e. The summed E-state index contributed by atoms with van der Waals surface area (Å²) in [4.78, 5) is 19.2. The van der Waals surface area contributed by atoms with Gasteiger partial charge in [-0.25, -0.2) is 0 Å². The summed E-state index contributed by atoms with van der Waals surface area (Å²) >= 11 is 0. The largest absolute Gasteiger partial charge is 0.469 e. The molecular formula is C7H12O5. The summed E-state index contributed by atoms with van der Waals surface area (Å²) < 4.78 is 4.31. The van der Waals surface area contributed by atoms with Crippen molar-refractivity contribution in [3.8, 4) is 0 Å². The summed E-state index contributed by atoms with van der Waals surface area (Å²) in [6.45, 7) is 3.12. The van der Waals surface area contributed by atoms with E-state index in [9.17, 15) is 4.79 Å². The fraction of sp³-hybridized carbons (Fsp3) is 0.571. The lowest BCUT2D eigenvalue weighted by Gasteiger charge is -2.07. The molecule has 12 heavy (non-hydrogen) atoms. The Morgan fingerprint density at radius 2 is 2.42 bits per heavy atom. The Hall–Kier alpha value is -1.07. The van der Waals surface area contributed by atoms with Crippen molar-refractivity contribution in [2.45, 2.75) is 12.5 Å². The highest BCUT2D eigenvalue weighted by Gasteiger charge is 2.11. The molecule has 0 aromatic heterocycles. The van der Waals surface area contributed by atoms with Gasteiger partial charge in [-0.1, -0.05) is 6.58 Å². The zero-order valence-corrected chi connectivity index (χ0v) is 6.86. The summed E-state index contributed by atoms with van der Waals surface area (Å²) in [7, 11) is 1.25. The third-order valence-corrected chi connectivity index (χ3v) is 1.03.